The lowest BCUT2D eigenvalue weighted by molar-refractivity contribution is -0.384. The number of sulfonamides is 1. The molecular weight excluding hydrogens is 482 g/mol. The van der Waals surface area contributed by atoms with Crippen molar-refractivity contribution in [2.45, 2.75) is 18.7 Å². The first-order valence-corrected chi connectivity index (χ1v) is 12.5. The Morgan fingerprint density at radius 1 is 1.00 bits per heavy atom. The molecular formula is C26H23N3O6S. The number of esters is 1. The van der Waals surface area contributed by atoms with Crippen LogP contribution in [0.1, 0.15) is 23.0 Å². The van der Waals surface area contributed by atoms with Gasteiger partial charge in [-0.15, -0.1) is 0 Å². The van der Waals surface area contributed by atoms with Gasteiger partial charge in [0, 0.05) is 23.5 Å². The first-order chi connectivity index (χ1) is 17.2. The first-order valence-electron chi connectivity index (χ1n) is 11.0. The molecule has 184 valence electrons. The molecule has 3 aromatic carbocycles. The van der Waals surface area contributed by atoms with E-state index >= 15 is 0 Å². The highest BCUT2D eigenvalue weighted by molar-refractivity contribution is 7.93. The molecule has 0 spiro atoms. The number of nitro groups is 1. The lowest BCUT2D eigenvalue weighted by Crippen LogP contribution is -2.18. The summed E-state index contributed by atoms with van der Waals surface area (Å²) in [5.41, 5.74) is 1.44. The molecule has 0 fully saturated rings. The van der Waals surface area contributed by atoms with E-state index in [2.05, 4.69) is 4.72 Å². The number of non-ortho nitro benzene ring substituents is 1. The van der Waals surface area contributed by atoms with Gasteiger partial charge in [0.05, 0.1) is 22.9 Å². The Labute approximate surface area is 208 Å². The molecule has 10 heteroatoms. The summed E-state index contributed by atoms with van der Waals surface area (Å²) in [7, 11) is -4.43. The van der Waals surface area contributed by atoms with Crippen LogP contribution in [0.2, 0.25) is 0 Å². The number of nitrogens with one attached hydrogen (secondary N) is 1. The fourth-order valence-corrected chi connectivity index (χ4v) is 5.52. The predicted molar refractivity (Wildman–Crippen MR) is 136 cm³/mol. The van der Waals surface area contributed by atoms with E-state index in [1.54, 1.807) is 60.9 Å². The molecule has 36 heavy (non-hydrogen) atoms. The Bertz CT molecular complexity index is 1530. The lowest BCUT2D eigenvalue weighted by atomic mass is 10.1. The normalized spacial score (nSPS) is 11.2. The van der Waals surface area contributed by atoms with Gasteiger partial charge in [-0.05, 0) is 37.6 Å². The Morgan fingerprint density at radius 3 is 2.25 bits per heavy atom. The van der Waals surface area contributed by atoms with E-state index in [4.69, 9.17) is 4.74 Å². The van der Waals surface area contributed by atoms with E-state index in [9.17, 15) is 23.3 Å². The number of para-hydroxylation sites is 1. The van der Waals surface area contributed by atoms with Crippen LogP contribution in [0.4, 0.5) is 11.4 Å². The van der Waals surface area contributed by atoms with Crippen molar-refractivity contribution in [3.05, 3.63) is 106 Å². The zero-order valence-corrected chi connectivity index (χ0v) is 20.4. The smallest absolute Gasteiger partial charge is 0.341 e. The molecule has 0 aliphatic rings. The minimum absolute atomic E-state index is 0.0110. The van der Waals surface area contributed by atoms with E-state index in [-0.39, 0.29) is 34.1 Å². The summed E-state index contributed by atoms with van der Waals surface area (Å²) in [6.45, 7) is 3.33. The van der Waals surface area contributed by atoms with E-state index in [1.807, 2.05) is 18.2 Å². The van der Waals surface area contributed by atoms with Gasteiger partial charge in [0.2, 0.25) is 0 Å². The summed E-state index contributed by atoms with van der Waals surface area (Å²) in [4.78, 5) is 23.5. The van der Waals surface area contributed by atoms with Crippen LogP contribution in [0.15, 0.2) is 89.8 Å². The number of aromatic nitrogens is 1. The molecule has 0 aliphatic heterocycles. The number of carbonyl (C=O) groups excluding carboxylic acids is 1. The standard InChI is InChI=1S/C26H23N3O6S/c1-3-35-26(30)23-18(2)28(21-14-8-5-9-15-21)24(19-11-6-4-7-12-19)25(23)36(33,34)27-20-13-10-16-22(17-20)29(31)32/h4-17,27H,3H2,1-2H3. The molecule has 0 saturated carbocycles. The summed E-state index contributed by atoms with van der Waals surface area (Å²) in [6.07, 6.45) is 0. The second-order valence-electron chi connectivity index (χ2n) is 7.81. The second-order valence-corrected chi connectivity index (χ2v) is 9.43. The summed E-state index contributed by atoms with van der Waals surface area (Å²) < 4.78 is 37.2. The maximum absolute atomic E-state index is 13.9. The van der Waals surface area contributed by atoms with Crippen LogP contribution in [-0.2, 0) is 14.8 Å². The van der Waals surface area contributed by atoms with Crippen LogP contribution >= 0.6 is 0 Å². The third-order valence-corrected chi connectivity index (χ3v) is 6.92. The Balaban J connectivity index is 2.04. The highest BCUT2D eigenvalue weighted by Gasteiger charge is 2.35. The molecule has 1 heterocycles. The zero-order chi connectivity index (χ0) is 25.9. The number of carbonyl (C=O) groups is 1. The van der Waals surface area contributed by atoms with Crippen LogP contribution in [0.25, 0.3) is 16.9 Å². The molecule has 0 radical (unpaired) electrons. The molecule has 0 amide bonds. The van der Waals surface area contributed by atoms with Gasteiger partial charge < -0.3 is 9.30 Å². The van der Waals surface area contributed by atoms with Crippen LogP contribution in [0, 0.1) is 17.0 Å². The van der Waals surface area contributed by atoms with Crippen molar-refractivity contribution < 1.29 is 22.9 Å². The maximum atomic E-state index is 13.9. The SMILES string of the molecule is CCOC(=O)c1c(S(=O)(=O)Nc2cccc([N+](=O)[O-])c2)c(-c2ccccc2)n(-c2ccccc2)c1C. The number of hydrogen-bond acceptors (Lipinski definition) is 6. The van der Waals surface area contributed by atoms with Gasteiger partial charge in [-0.1, -0.05) is 54.6 Å². The summed E-state index contributed by atoms with van der Waals surface area (Å²) >= 11 is 0. The van der Waals surface area contributed by atoms with Crippen molar-refractivity contribution in [3.63, 3.8) is 0 Å². The van der Waals surface area contributed by atoms with E-state index in [1.165, 1.54) is 18.2 Å². The fourth-order valence-electron chi connectivity index (χ4n) is 4.01. The number of hydrogen-bond donors (Lipinski definition) is 1. The highest BCUT2D eigenvalue weighted by atomic mass is 32.2. The van der Waals surface area contributed by atoms with E-state index in [0.717, 1.165) is 6.07 Å². The summed E-state index contributed by atoms with van der Waals surface area (Å²) in [5, 5.41) is 11.2. The first kappa shape index (κ1) is 24.7. The summed E-state index contributed by atoms with van der Waals surface area (Å²) in [5.74, 6) is -0.790. The van der Waals surface area contributed by atoms with Gasteiger partial charge >= 0.3 is 5.97 Å². The molecule has 0 bridgehead atoms. The molecule has 1 N–H and O–H groups in total. The number of nitrogens with zero attached hydrogens (tertiary/aromatic N) is 2. The van der Waals surface area contributed by atoms with Gasteiger partial charge in [0.1, 0.15) is 10.5 Å². The number of ether oxygens (including phenoxy) is 1. The average molecular weight is 506 g/mol. The maximum Gasteiger partial charge on any atom is 0.341 e. The Kier molecular flexibility index (Phi) is 6.89. The van der Waals surface area contributed by atoms with Crippen molar-refractivity contribution in [1.82, 2.24) is 4.57 Å². The molecule has 4 aromatic rings. The minimum Gasteiger partial charge on any atom is -0.462 e. The van der Waals surface area contributed by atoms with Crippen LogP contribution < -0.4 is 4.72 Å². The van der Waals surface area contributed by atoms with Crippen molar-refractivity contribution in [3.8, 4) is 16.9 Å². The molecule has 4 rings (SSSR count). The number of rotatable bonds is 8. The Hall–Kier alpha value is -4.44. The molecule has 0 unspecified atom stereocenters. The lowest BCUT2D eigenvalue weighted by Gasteiger charge is -2.14. The third-order valence-electron chi connectivity index (χ3n) is 5.48. The largest absolute Gasteiger partial charge is 0.462 e. The zero-order valence-electron chi connectivity index (χ0n) is 19.5. The Morgan fingerprint density at radius 2 is 1.64 bits per heavy atom. The van der Waals surface area contributed by atoms with Gasteiger partial charge in [-0.3, -0.25) is 14.8 Å². The topological polar surface area (TPSA) is 121 Å². The minimum atomic E-state index is -4.43. The molecule has 1 aromatic heterocycles. The quantitative estimate of drug-likeness (QED) is 0.196. The molecule has 0 saturated heterocycles. The van der Waals surface area contributed by atoms with E-state index in [0.29, 0.717) is 16.9 Å². The summed E-state index contributed by atoms with van der Waals surface area (Å²) in [6, 6.07) is 23.0. The highest BCUT2D eigenvalue weighted by Crippen LogP contribution is 2.39. The fraction of sp³-hybridized carbons (Fsp3) is 0.115. The third kappa shape index (κ3) is 4.71. The second kappa shape index (κ2) is 10.0. The van der Waals surface area contributed by atoms with Gasteiger partial charge in [0.25, 0.3) is 15.7 Å². The van der Waals surface area contributed by atoms with Crippen LogP contribution in [-0.4, -0.2) is 30.5 Å². The van der Waals surface area contributed by atoms with Crippen LogP contribution in [0.3, 0.4) is 0 Å². The van der Waals surface area contributed by atoms with Crippen molar-refractivity contribution in [1.29, 1.82) is 0 Å². The van der Waals surface area contributed by atoms with Gasteiger partial charge in [-0.2, -0.15) is 0 Å². The average Bonchev–Trinajstić information content (AvgIpc) is 3.19. The molecule has 9 nitrogen and oxygen atoms in total. The molecule has 0 atom stereocenters. The number of benzene rings is 3. The predicted octanol–water partition coefficient (Wildman–Crippen LogP) is 5.34. The van der Waals surface area contributed by atoms with Gasteiger partial charge in [0.15, 0.2) is 0 Å². The van der Waals surface area contributed by atoms with Crippen molar-refractivity contribution in [2.24, 2.45) is 0 Å². The van der Waals surface area contributed by atoms with E-state index < -0.39 is 20.9 Å². The number of nitro benzene ring substituents is 1. The van der Waals surface area contributed by atoms with Crippen LogP contribution in [0.5, 0.6) is 0 Å². The number of anilines is 1. The monoisotopic (exact) mass is 505 g/mol. The molecule has 0 aliphatic carbocycles. The van der Waals surface area contributed by atoms with Crippen molar-refractivity contribution in [2.75, 3.05) is 11.3 Å². The van der Waals surface area contributed by atoms with Crippen molar-refractivity contribution >= 4 is 27.4 Å². The van der Waals surface area contributed by atoms with Gasteiger partial charge in [-0.25, -0.2) is 13.2 Å².